The average molecular weight is 328 g/mol. The van der Waals surface area contributed by atoms with Crippen molar-refractivity contribution in [2.45, 2.75) is 44.7 Å². The Morgan fingerprint density at radius 1 is 1.12 bits per heavy atom. The van der Waals surface area contributed by atoms with Gasteiger partial charge in [0.25, 0.3) is 5.91 Å². The lowest BCUT2D eigenvalue weighted by atomic mass is 10.0. The van der Waals surface area contributed by atoms with E-state index in [1.54, 1.807) is 11.1 Å². The Morgan fingerprint density at radius 3 is 2.67 bits per heavy atom. The predicted octanol–water partition coefficient (Wildman–Crippen LogP) is 0.833. The van der Waals surface area contributed by atoms with Gasteiger partial charge in [0.05, 0.1) is 0 Å². The number of pyridine rings is 1. The molecule has 2 saturated heterocycles. The number of nitrogens with zero attached hydrogens (tertiary/aromatic N) is 3. The van der Waals surface area contributed by atoms with Crippen LogP contribution >= 0.6 is 0 Å². The molecule has 126 valence electrons. The molecule has 1 N–H and O–H groups in total. The second kappa shape index (κ2) is 5.89. The van der Waals surface area contributed by atoms with Crippen molar-refractivity contribution in [2.75, 3.05) is 18.0 Å². The van der Waals surface area contributed by atoms with Crippen molar-refractivity contribution in [3.05, 3.63) is 23.4 Å². The number of anilines is 1. The molecule has 1 aromatic heterocycles. The number of carbonyl (C=O) groups is 3. The highest BCUT2D eigenvalue weighted by Crippen LogP contribution is 2.29. The molecule has 1 unspecified atom stereocenters. The lowest BCUT2D eigenvalue weighted by molar-refractivity contribution is -0.136. The molecule has 0 aromatic carbocycles. The van der Waals surface area contributed by atoms with Gasteiger partial charge in [0, 0.05) is 43.4 Å². The van der Waals surface area contributed by atoms with Crippen LogP contribution in [0.5, 0.6) is 0 Å². The summed E-state index contributed by atoms with van der Waals surface area (Å²) in [7, 11) is 0. The summed E-state index contributed by atoms with van der Waals surface area (Å²) >= 11 is 0. The molecular formula is C17H20N4O3. The summed E-state index contributed by atoms with van der Waals surface area (Å²) < 4.78 is 0. The Morgan fingerprint density at radius 2 is 1.92 bits per heavy atom. The maximum atomic E-state index is 12.8. The van der Waals surface area contributed by atoms with E-state index in [9.17, 15) is 14.4 Å². The molecule has 7 nitrogen and oxygen atoms in total. The highest BCUT2D eigenvalue weighted by molar-refractivity contribution is 6.05. The van der Waals surface area contributed by atoms with E-state index in [4.69, 9.17) is 0 Å². The molecule has 0 radical (unpaired) electrons. The van der Waals surface area contributed by atoms with Crippen molar-refractivity contribution >= 4 is 23.5 Å². The number of amides is 3. The average Bonchev–Trinajstić information content (AvgIpc) is 2.92. The molecule has 0 saturated carbocycles. The molecule has 4 rings (SSSR count). The van der Waals surface area contributed by atoms with Crippen LogP contribution in [-0.2, 0) is 16.1 Å². The summed E-state index contributed by atoms with van der Waals surface area (Å²) in [6.45, 7) is 2.32. The molecule has 4 heterocycles. The first kappa shape index (κ1) is 15.1. The third-order valence-corrected chi connectivity index (χ3v) is 5.07. The Balaban J connectivity index is 1.56. The molecule has 3 amide bonds. The van der Waals surface area contributed by atoms with E-state index in [-0.39, 0.29) is 24.1 Å². The zero-order valence-corrected chi connectivity index (χ0v) is 13.5. The van der Waals surface area contributed by atoms with Crippen LogP contribution in [0.25, 0.3) is 0 Å². The number of rotatable bonds is 2. The minimum atomic E-state index is -0.568. The Labute approximate surface area is 140 Å². The third-order valence-electron chi connectivity index (χ3n) is 5.07. The maximum Gasteiger partial charge on any atom is 0.255 e. The van der Waals surface area contributed by atoms with Crippen molar-refractivity contribution in [1.29, 1.82) is 0 Å². The Bertz CT molecular complexity index is 712. The number of piperidine rings is 2. The number of nitrogens with one attached hydrogen (secondary N) is 1. The van der Waals surface area contributed by atoms with Crippen LogP contribution in [0.3, 0.4) is 0 Å². The van der Waals surface area contributed by atoms with Crippen LogP contribution in [0, 0.1) is 0 Å². The van der Waals surface area contributed by atoms with Gasteiger partial charge in [-0.05, 0) is 31.7 Å². The van der Waals surface area contributed by atoms with Crippen LogP contribution in [0.15, 0.2) is 12.3 Å². The molecule has 0 aliphatic carbocycles. The Hall–Kier alpha value is -2.44. The largest absolute Gasteiger partial charge is 0.357 e. The molecule has 0 bridgehead atoms. The number of hydrogen-bond acceptors (Lipinski definition) is 5. The molecule has 7 heteroatoms. The van der Waals surface area contributed by atoms with Gasteiger partial charge < -0.3 is 9.80 Å². The van der Waals surface area contributed by atoms with E-state index in [2.05, 4.69) is 15.2 Å². The number of hydrogen-bond donors (Lipinski definition) is 1. The number of carbonyl (C=O) groups excluding carboxylic acids is 3. The molecule has 3 aliphatic heterocycles. The van der Waals surface area contributed by atoms with E-state index >= 15 is 0 Å². The van der Waals surface area contributed by atoms with Crippen molar-refractivity contribution in [3.8, 4) is 0 Å². The molecule has 2 fully saturated rings. The fourth-order valence-corrected chi connectivity index (χ4v) is 3.73. The van der Waals surface area contributed by atoms with Gasteiger partial charge in [-0.25, -0.2) is 4.98 Å². The lowest BCUT2D eigenvalue weighted by Gasteiger charge is -2.29. The smallest absolute Gasteiger partial charge is 0.255 e. The summed E-state index contributed by atoms with van der Waals surface area (Å²) in [5.41, 5.74) is 1.49. The zero-order chi connectivity index (χ0) is 16.7. The summed E-state index contributed by atoms with van der Waals surface area (Å²) in [6, 6.07) is 1.29. The predicted molar refractivity (Wildman–Crippen MR) is 86.3 cm³/mol. The number of imide groups is 1. The SMILES string of the molecule is O=C1CCC(N2Cc3cnc(N4CCCCC4)cc3C2=O)C(=O)N1. The molecule has 3 aliphatic rings. The van der Waals surface area contributed by atoms with Crippen LogP contribution in [0.1, 0.15) is 48.0 Å². The van der Waals surface area contributed by atoms with Crippen molar-refractivity contribution in [1.82, 2.24) is 15.2 Å². The first-order valence-electron chi connectivity index (χ1n) is 8.52. The highest BCUT2D eigenvalue weighted by Gasteiger charge is 2.39. The van der Waals surface area contributed by atoms with Gasteiger partial charge in [0.2, 0.25) is 11.8 Å². The Kier molecular flexibility index (Phi) is 3.70. The van der Waals surface area contributed by atoms with Gasteiger partial charge in [-0.3, -0.25) is 19.7 Å². The van der Waals surface area contributed by atoms with E-state index in [1.807, 2.05) is 6.07 Å². The van der Waals surface area contributed by atoms with Crippen molar-refractivity contribution in [3.63, 3.8) is 0 Å². The fraction of sp³-hybridized carbons (Fsp3) is 0.529. The standard InChI is InChI=1S/C17H20N4O3/c22-15-5-4-13(16(23)19-15)21-10-11-9-18-14(8-12(11)17(21)24)20-6-2-1-3-7-20/h8-9,13H,1-7,10H2,(H,19,22,23). The fourth-order valence-electron chi connectivity index (χ4n) is 3.73. The van der Waals surface area contributed by atoms with E-state index < -0.39 is 6.04 Å². The topological polar surface area (TPSA) is 82.6 Å². The van der Waals surface area contributed by atoms with E-state index in [0.29, 0.717) is 18.5 Å². The van der Waals surface area contributed by atoms with Crippen LogP contribution in [-0.4, -0.2) is 46.7 Å². The number of aromatic nitrogens is 1. The van der Waals surface area contributed by atoms with Crippen LogP contribution in [0.2, 0.25) is 0 Å². The van der Waals surface area contributed by atoms with Crippen molar-refractivity contribution < 1.29 is 14.4 Å². The monoisotopic (exact) mass is 328 g/mol. The molecule has 0 spiro atoms. The van der Waals surface area contributed by atoms with Gasteiger partial charge in [-0.1, -0.05) is 0 Å². The normalized spacial score (nSPS) is 24.2. The van der Waals surface area contributed by atoms with E-state index in [1.165, 1.54) is 6.42 Å². The first-order chi connectivity index (χ1) is 11.6. The van der Waals surface area contributed by atoms with Crippen molar-refractivity contribution in [2.24, 2.45) is 0 Å². The summed E-state index contributed by atoms with van der Waals surface area (Å²) in [4.78, 5) is 44.4. The number of fused-ring (bicyclic) bond motifs is 1. The maximum absolute atomic E-state index is 12.8. The molecule has 1 aromatic rings. The third kappa shape index (κ3) is 2.53. The quantitative estimate of drug-likeness (QED) is 0.813. The molecule has 24 heavy (non-hydrogen) atoms. The second-order valence-electron chi connectivity index (χ2n) is 6.65. The summed E-state index contributed by atoms with van der Waals surface area (Å²) in [5, 5.41) is 2.32. The molecule has 1 atom stereocenters. The van der Waals surface area contributed by atoms with Gasteiger partial charge >= 0.3 is 0 Å². The second-order valence-corrected chi connectivity index (χ2v) is 6.65. The first-order valence-corrected chi connectivity index (χ1v) is 8.52. The van der Waals surface area contributed by atoms with Crippen LogP contribution in [0.4, 0.5) is 5.82 Å². The summed E-state index contributed by atoms with van der Waals surface area (Å²) in [5.74, 6) is 0.0539. The van der Waals surface area contributed by atoms with Gasteiger partial charge in [0.15, 0.2) is 0 Å². The zero-order valence-electron chi connectivity index (χ0n) is 13.5. The van der Waals surface area contributed by atoms with Gasteiger partial charge in [-0.2, -0.15) is 0 Å². The van der Waals surface area contributed by atoms with Gasteiger partial charge in [-0.15, -0.1) is 0 Å². The summed E-state index contributed by atoms with van der Waals surface area (Å²) in [6.07, 6.45) is 5.95. The van der Waals surface area contributed by atoms with E-state index in [0.717, 1.165) is 37.3 Å². The molecular weight excluding hydrogens is 308 g/mol. The van der Waals surface area contributed by atoms with Crippen LogP contribution < -0.4 is 10.2 Å². The lowest BCUT2D eigenvalue weighted by Crippen LogP contribution is -2.52. The van der Waals surface area contributed by atoms with Gasteiger partial charge in [0.1, 0.15) is 11.9 Å². The highest BCUT2D eigenvalue weighted by atomic mass is 16.2. The minimum absolute atomic E-state index is 0.139. The minimum Gasteiger partial charge on any atom is -0.357 e.